The number of ketones is 1. The molecular weight excluding hydrogens is 264 g/mol. The monoisotopic (exact) mass is 284 g/mol. The smallest absolute Gasteiger partial charge is 0.242 e. The molecule has 106 valence electrons. The van der Waals surface area contributed by atoms with E-state index in [-0.39, 0.29) is 23.6 Å². The van der Waals surface area contributed by atoms with Crippen molar-refractivity contribution in [3.63, 3.8) is 0 Å². The molecule has 0 aliphatic carbocycles. The van der Waals surface area contributed by atoms with Crippen molar-refractivity contribution >= 4 is 23.3 Å². The number of alkyl halides is 1. The Morgan fingerprint density at radius 2 is 2.05 bits per heavy atom. The number of nitrogens with zero attached hydrogens (tertiary/aromatic N) is 1. The van der Waals surface area contributed by atoms with Crippen LogP contribution in [0.25, 0.3) is 0 Å². The zero-order valence-corrected chi connectivity index (χ0v) is 12.7. The number of Topliss-reactive ketones (excluding diaryl/α,β-unsaturated/α-hetero) is 1. The summed E-state index contributed by atoms with van der Waals surface area (Å²) in [5.41, 5.74) is 2.29. The third-order valence-corrected chi connectivity index (χ3v) is 3.46. The molecule has 1 amide bonds. The Kier molecular flexibility index (Phi) is 5.60. The Hall–Kier alpha value is -1.29. The molecular formula is C14H21ClN2O2. The first kappa shape index (κ1) is 15.8. The van der Waals surface area contributed by atoms with Gasteiger partial charge in [0.25, 0.3) is 0 Å². The first-order chi connectivity index (χ1) is 8.93. The van der Waals surface area contributed by atoms with Crippen LogP contribution in [-0.2, 0) is 4.79 Å². The maximum Gasteiger partial charge on any atom is 0.242 e. The number of carbonyl (C=O) groups excluding carboxylic acids is 2. The van der Waals surface area contributed by atoms with Gasteiger partial charge in [-0.25, -0.2) is 0 Å². The van der Waals surface area contributed by atoms with E-state index in [4.69, 9.17) is 11.6 Å². The van der Waals surface area contributed by atoms with Crippen LogP contribution in [0.4, 0.5) is 0 Å². The van der Waals surface area contributed by atoms with Gasteiger partial charge in [-0.05, 0) is 33.3 Å². The predicted octanol–water partition coefficient (Wildman–Crippen LogP) is 2.61. The van der Waals surface area contributed by atoms with E-state index in [2.05, 4.69) is 5.32 Å². The van der Waals surface area contributed by atoms with E-state index in [1.165, 1.54) is 0 Å². The molecule has 0 aliphatic heterocycles. The highest BCUT2D eigenvalue weighted by atomic mass is 35.5. The normalized spacial score (nSPS) is 12.3. The van der Waals surface area contributed by atoms with Gasteiger partial charge >= 0.3 is 0 Å². The number of rotatable bonds is 6. The Labute approximate surface area is 119 Å². The van der Waals surface area contributed by atoms with Crippen molar-refractivity contribution in [3.05, 3.63) is 23.0 Å². The van der Waals surface area contributed by atoms with Gasteiger partial charge in [-0.15, -0.1) is 11.6 Å². The second-order valence-corrected chi connectivity index (χ2v) is 4.95. The Morgan fingerprint density at radius 1 is 1.42 bits per heavy atom. The number of nitrogens with one attached hydrogen (secondary N) is 1. The van der Waals surface area contributed by atoms with E-state index in [0.717, 1.165) is 17.8 Å². The number of hydrogen-bond donors (Lipinski definition) is 1. The van der Waals surface area contributed by atoms with E-state index in [1.54, 1.807) is 6.07 Å². The number of aryl methyl sites for hydroxylation is 1. The fraction of sp³-hybridized carbons (Fsp3) is 0.571. The molecule has 1 atom stereocenters. The molecule has 0 saturated heterocycles. The van der Waals surface area contributed by atoms with Crippen molar-refractivity contribution in [2.45, 2.75) is 40.2 Å². The molecule has 1 heterocycles. The molecule has 0 spiro atoms. The van der Waals surface area contributed by atoms with Crippen molar-refractivity contribution in [1.82, 2.24) is 9.88 Å². The summed E-state index contributed by atoms with van der Waals surface area (Å²) in [7, 11) is 0. The van der Waals surface area contributed by atoms with Gasteiger partial charge in [-0.2, -0.15) is 0 Å². The second kappa shape index (κ2) is 6.75. The van der Waals surface area contributed by atoms with Crippen LogP contribution in [0, 0.1) is 13.8 Å². The molecule has 1 rings (SSSR count). The molecule has 0 fully saturated rings. The summed E-state index contributed by atoms with van der Waals surface area (Å²) in [6.07, 6.45) is 0.901. The first-order valence-electron chi connectivity index (χ1n) is 6.49. The number of carbonyl (C=O) groups is 2. The van der Waals surface area contributed by atoms with Crippen LogP contribution in [0.15, 0.2) is 6.07 Å². The van der Waals surface area contributed by atoms with E-state index in [1.807, 2.05) is 32.3 Å². The molecule has 0 bridgehead atoms. The number of halogens is 1. The number of aromatic nitrogens is 1. The van der Waals surface area contributed by atoms with Gasteiger partial charge in [0.15, 0.2) is 5.78 Å². The minimum atomic E-state index is -0.330. The molecule has 0 saturated carbocycles. The van der Waals surface area contributed by atoms with Gasteiger partial charge in [0.05, 0.1) is 5.88 Å². The third-order valence-electron chi connectivity index (χ3n) is 3.22. The van der Waals surface area contributed by atoms with E-state index in [0.29, 0.717) is 12.1 Å². The van der Waals surface area contributed by atoms with Crippen LogP contribution in [-0.4, -0.2) is 28.7 Å². The van der Waals surface area contributed by atoms with E-state index >= 15 is 0 Å². The average molecular weight is 285 g/mol. The molecule has 0 radical (unpaired) electrons. The van der Waals surface area contributed by atoms with Gasteiger partial charge in [0.1, 0.15) is 6.04 Å². The minimum Gasteiger partial charge on any atom is -0.354 e. The molecule has 4 nitrogen and oxygen atoms in total. The highest BCUT2D eigenvalue weighted by Crippen LogP contribution is 2.21. The van der Waals surface area contributed by atoms with Crippen LogP contribution >= 0.6 is 11.6 Å². The summed E-state index contributed by atoms with van der Waals surface area (Å²) in [6, 6.07) is 1.47. The molecule has 1 unspecified atom stereocenters. The zero-order valence-electron chi connectivity index (χ0n) is 11.9. The van der Waals surface area contributed by atoms with Crippen LogP contribution in [0.1, 0.15) is 48.1 Å². The molecule has 1 aromatic rings. The highest BCUT2D eigenvalue weighted by Gasteiger charge is 2.21. The molecule has 0 aromatic carbocycles. The molecule has 0 aliphatic rings. The average Bonchev–Trinajstić information content (AvgIpc) is 2.69. The molecule has 19 heavy (non-hydrogen) atoms. The molecule has 5 heteroatoms. The SMILES string of the molecule is CCCNC(=O)C(C)n1c(C)cc(C(=O)CCl)c1C. The van der Waals surface area contributed by atoms with Crippen molar-refractivity contribution in [1.29, 1.82) is 0 Å². The summed E-state index contributed by atoms with van der Waals surface area (Å²) >= 11 is 5.59. The third kappa shape index (κ3) is 3.38. The van der Waals surface area contributed by atoms with Crippen molar-refractivity contribution in [2.75, 3.05) is 12.4 Å². The minimum absolute atomic E-state index is 0.0338. The lowest BCUT2D eigenvalue weighted by Gasteiger charge is -2.18. The summed E-state index contributed by atoms with van der Waals surface area (Å²) in [4.78, 5) is 23.7. The quantitative estimate of drug-likeness (QED) is 0.645. The lowest BCUT2D eigenvalue weighted by Crippen LogP contribution is -2.32. The fourth-order valence-corrected chi connectivity index (χ4v) is 2.38. The molecule has 1 N–H and O–H groups in total. The van der Waals surface area contributed by atoms with Gasteiger partial charge < -0.3 is 9.88 Å². The van der Waals surface area contributed by atoms with Crippen molar-refractivity contribution in [2.24, 2.45) is 0 Å². The predicted molar refractivity (Wildman–Crippen MR) is 77.0 cm³/mol. The van der Waals surface area contributed by atoms with Gasteiger partial charge in [-0.1, -0.05) is 6.92 Å². The number of hydrogen-bond acceptors (Lipinski definition) is 2. The maximum absolute atomic E-state index is 12.0. The Balaban J connectivity index is 3.03. The topological polar surface area (TPSA) is 51.1 Å². The fourth-order valence-electron chi connectivity index (χ4n) is 2.24. The zero-order chi connectivity index (χ0) is 14.6. The van der Waals surface area contributed by atoms with Gasteiger partial charge in [0.2, 0.25) is 5.91 Å². The Bertz CT molecular complexity index is 480. The standard InChI is InChI=1S/C14H21ClN2O2/c1-5-6-16-14(19)11(4)17-9(2)7-12(10(17)3)13(18)8-15/h7,11H,5-6,8H2,1-4H3,(H,16,19). The van der Waals surface area contributed by atoms with Gasteiger partial charge in [0, 0.05) is 23.5 Å². The van der Waals surface area contributed by atoms with Crippen LogP contribution in [0.3, 0.4) is 0 Å². The second-order valence-electron chi connectivity index (χ2n) is 4.68. The summed E-state index contributed by atoms with van der Waals surface area (Å²) in [5.74, 6) is -0.184. The molecule has 1 aromatic heterocycles. The summed E-state index contributed by atoms with van der Waals surface area (Å²) in [5, 5.41) is 2.87. The van der Waals surface area contributed by atoms with Gasteiger partial charge in [-0.3, -0.25) is 9.59 Å². The van der Waals surface area contributed by atoms with Crippen molar-refractivity contribution in [3.8, 4) is 0 Å². The highest BCUT2D eigenvalue weighted by molar-refractivity contribution is 6.30. The number of amides is 1. The summed E-state index contributed by atoms with van der Waals surface area (Å²) in [6.45, 7) is 8.24. The first-order valence-corrected chi connectivity index (χ1v) is 7.02. The van der Waals surface area contributed by atoms with E-state index < -0.39 is 0 Å². The van der Waals surface area contributed by atoms with Crippen LogP contribution in [0.5, 0.6) is 0 Å². The largest absolute Gasteiger partial charge is 0.354 e. The van der Waals surface area contributed by atoms with E-state index in [9.17, 15) is 9.59 Å². The maximum atomic E-state index is 12.0. The summed E-state index contributed by atoms with van der Waals surface area (Å²) < 4.78 is 1.88. The van der Waals surface area contributed by atoms with Crippen LogP contribution < -0.4 is 5.32 Å². The lowest BCUT2D eigenvalue weighted by molar-refractivity contribution is -0.123. The van der Waals surface area contributed by atoms with Crippen molar-refractivity contribution < 1.29 is 9.59 Å². The lowest BCUT2D eigenvalue weighted by atomic mass is 10.2. The van der Waals surface area contributed by atoms with Crippen LogP contribution in [0.2, 0.25) is 0 Å². The Morgan fingerprint density at radius 3 is 2.58 bits per heavy atom.